The Kier molecular flexibility index (Phi) is 2.40. The van der Waals surface area contributed by atoms with Gasteiger partial charge in [0.25, 0.3) is 0 Å². The number of aryl methyl sites for hydroxylation is 3. The first kappa shape index (κ1) is 11.0. The molecule has 0 bridgehead atoms. The number of fused-ring (bicyclic) bond motifs is 1. The van der Waals surface area contributed by atoms with Crippen LogP contribution >= 0.6 is 0 Å². The van der Waals surface area contributed by atoms with Gasteiger partial charge in [-0.15, -0.1) is 0 Å². The number of benzene rings is 1. The lowest BCUT2D eigenvalue weighted by Gasteiger charge is -2.02. The maximum absolute atomic E-state index is 4.57. The number of aromatic amines is 1. The number of hydrogen-bond acceptors (Lipinski definition) is 2. The van der Waals surface area contributed by atoms with Crippen LogP contribution in [0.4, 0.5) is 0 Å². The molecule has 0 amide bonds. The number of nitrogens with one attached hydrogen (secondary N) is 1. The van der Waals surface area contributed by atoms with Gasteiger partial charge in [-0.25, -0.2) is 9.97 Å². The predicted octanol–water partition coefficient (Wildman–Crippen LogP) is 3.55. The number of imidazole rings is 1. The minimum atomic E-state index is 0.782. The van der Waals surface area contributed by atoms with Gasteiger partial charge < -0.3 is 4.98 Å². The summed E-state index contributed by atoms with van der Waals surface area (Å²) in [5.41, 5.74) is 6.38. The van der Waals surface area contributed by atoms with Crippen LogP contribution in [-0.4, -0.2) is 15.0 Å². The van der Waals surface area contributed by atoms with Gasteiger partial charge in [-0.05, 0) is 38.5 Å². The summed E-state index contributed by atoms with van der Waals surface area (Å²) in [5.74, 6) is 0.889. The van der Waals surface area contributed by atoms with Crippen LogP contribution < -0.4 is 0 Å². The van der Waals surface area contributed by atoms with Crippen LogP contribution in [0.3, 0.4) is 0 Å². The van der Waals surface area contributed by atoms with E-state index in [9.17, 15) is 0 Å². The molecule has 2 aromatic heterocycles. The Bertz CT molecular complexity index is 726. The number of nitrogens with zero attached hydrogens (tertiary/aromatic N) is 2. The summed E-state index contributed by atoms with van der Waals surface area (Å²) in [4.78, 5) is 12.3. The van der Waals surface area contributed by atoms with Gasteiger partial charge in [0, 0.05) is 11.3 Å². The maximum Gasteiger partial charge on any atom is 0.178 e. The Morgan fingerprint density at radius 2 is 1.78 bits per heavy atom. The van der Waals surface area contributed by atoms with E-state index >= 15 is 0 Å². The van der Waals surface area contributed by atoms with E-state index in [1.807, 2.05) is 19.1 Å². The summed E-state index contributed by atoms with van der Waals surface area (Å²) in [5, 5.41) is 0. The summed E-state index contributed by atoms with van der Waals surface area (Å²) < 4.78 is 0. The molecule has 0 atom stereocenters. The van der Waals surface area contributed by atoms with Crippen molar-refractivity contribution in [3.05, 3.63) is 47.2 Å². The minimum Gasteiger partial charge on any atom is -0.337 e. The van der Waals surface area contributed by atoms with Gasteiger partial charge in [-0.3, -0.25) is 0 Å². The Labute approximate surface area is 106 Å². The monoisotopic (exact) mass is 237 g/mol. The molecule has 18 heavy (non-hydrogen) atoms. The number of hydrogen-bond donors (Lipinski definition) is 1. The van der Waals surface area contributed by atoms with Gasteiger partial charge in [0.05, 0.1) is 5.52 Å². The molecule has 0 fully saturated rings. The van der Waals surface area contributed by atoms with Gasteiger partial charge >= 0.3 is 0 Å². The first-order chi connectivity index (χ1) is 8.63. The van der Waals surface area contributed by atoms with Gasteiger partial charge in [0.1, 0.15) is 5.82 Å². The van der Waals surface area contributed by atoms with Crippen molar-refractivity contribution < 1.29 is 0 Å². The predicted molar refractivity (Wildman–Crippen MR) is 73.5 cm³/mol. The summed E-state index contributed by atoms with van der Waals surface area (Å²) in [7, 11) is 0. The normalized spacial score (nSPS) is 11.1. The van der Waals surface area contributed by atoms with Crippen LogP contribution in [0.2, 0.25) is 0 Å². The summed E-state index contributed by atoms with van der Waals surface area (Å²) >= 11 is 0. The van der Waals surface area contributed by atoms with Crippen molar-refractivity contribution >= 4 is 11.2 Å². The molecule has 3 nitrogen and oxygen atoms in total. The molecule has 0 unspecified atom stereocenters. The summed E-state index contributed by atoms with van der Waals surface area (Å²) in [6, 6.07) is 10.4. The zero-order chi connectivity index (χ0) is 12.7. The third-order valence-electron chi connectivity index (χ3n) is 3.12. The van der Waals surface area contributed by atoms with Gasteiger partial charge in [0.15, 0.2) is 5.65 Å². The number of rotatable bonds is 1. The average Bonchev–Trinajstić information content (AvgIpc) is 2.71. The highest BCUT2D eigenvalue weighted by Gasteiger charge is 2.08. The quantitative estimate of drug-likeness (QED) is 0.703. The molecular weight excluding hydrogens is 222 g/mol. The van der Waals surface area contributed by atoms with Crippen molar-refractivity contribution in [3.8, 4) is 11.4 Å². The highest BCUT2D eigenvalue weighted by Crippen LogP contribution is 2.23. The van der Waals surface area contributed by atoms with E-state index in [1.165, 1.54) is 11.1 Å². The fraction of sp³-hybridized carbons (Fsp3) is 0.200. The lowest BCUT2D eigenvalue weighted by atomic mass is 10.1. The van der Waals surface area contributed by atoms with Gasteiger partial charge in [-0.2, -0.15) is 0 Å². The second kappa shape index (κ2) is 3.95. The van der Waals surface area contributed by atoms with Crippen LogP contribution in [-0.2, 0) is 0 Å². The molecular formula is C15H15N3. The van der Waals surface area contributed by atoms with Crippen molar-refractivity contribution in [2.45, 2.75) is 20.8 Å². The second-order valence-electron chi connectivity index (χ2n) is 4.73. The SMILES string of the molecule is Cc1ccc(-c2nc3nc(C)ccc3[nH]2)c(C)c1. The van der Waals surface area contributed by atoms with Crippen molar-refractivity contribution in [2.75, 3.05) is 0 Å². The third kappa shape index (κ3) is 1.78. The standard InChI is InChI=1S/C15H15N3/c1-9-4-6-12(10(2)8-9)14-17-13-7-5-11(3)16-15(13)18-14/h4-8H,1-3H3,(H,16,17,18). The molecule has 1 N–H and O–H groups in total. The number of pyridine rings is 1. The topological polar surface area (TPSA) is 41.6 Å². The fourth-order valence-electron chi connectivity index (χ4n) is 2.19. The zero-order valence-electron chi connectivity index (χ0n) is 10.8. The van der Waals surface area contributed by atoms with E-state index in [4.69, 9.17) is 0 Å². The Morgan fingerprint density at radius 1 is 0.944 bits per heavy atom. The molecule has 3 heteroatoms. The van der Waals surface area contributed by atoms with E-state index in [1.54, 1.807) is 0 Å². The molecule has 2 heterocycles. The first-order valence-corrected chi connectivity index (χ1v) is 6.04. The molecule has 0 spiro atoms. The molecule has 0 aliphatic heterocycles. The molecule has 0 aliphatic rings. The molecule has 1 aromatic carbocycles. The molecule has 0 saturated heterocycles. The lowest BCUT2D eigenvalue weighted by Crippen LogP contribution is -1.86. The first-order valence-electron chi connectivity index (χ1n) is 6.04. The van der Waals surface area contributed by atoms with Crippen molar-refractivity contribution in [3.63, 3.8) is 0 Å². The smallest absolute Gasteiger partial charge is 0.178 e. The third-order valence-corrected chi connectivity index (χ3v) is 3.12. The Balaban J connectivity index is 2.19. The van der Waals surface area contributed by atoms with Crippen molar-refractivity contribution in [1.29, 1.82) is 0 Å². The van der Waals surface area contributed by atoms with Crippen LogP contribution in [0.1, 0.15) is 16.8 Å². The molecule has 0 radical (unpaired) electrons. The van der Waals surface area contributed by atoms with E-state index in [-0.39, 0.29) is 0 Å². The summed E-state index contributed by atoms with van der Waals surface area (Å²) in [6.07, 6.45) is 0. The largest absolute Gasteiger partial charge is 0.337 e. The van der Waals surface area contributed by atoms with E-state index in [0.717, 1.165) is 28.2 Å². The van der Waals surface area contributed by atoms with Gasteiger partial charge in [-0.1, -0.05) is 23.8 Å². The van der Waals surface area contributed by atoms with Gasteiger partial charge in [0.2, 0.25) is 0 Å². The van der Waals surface area contributed by atoms with Crippen molar-refractivity contribution in [2.24, 2.45) is 0 Å². The maximum atomic E-state index is 4.57. The average molecular weight is 237 g/mol. The fourth-order valence-corrected chi connectivity index (χ4v) is 2.19. The molecule has 3 rings (SSSR count). The van der Waals surface area contributed by atoms with Crippen LogP contribution in [0, 0.1) is 20.8 Å². The highest BCUT2D eigenvalue weighted by atomic mass is 15.0. The second-order valence-corrected chi connectivity index (χ2v) is 4.73. The number of aromatic nitrogens is 3. The molecule has 90 valence electrons. The van der Waals surface area contributed by atoms with E-state index < -0.39 is 0 Å². The minimum absolute atomic E-state index is 0.782. The Hall–Kier alpha value is -2.16. The zero-order valence-corrected chi connectivity index (χ0v) is 10.8. The van der Waals surface area contributed by atoms with E-state index in [0.29, 0.717) is 0 Å². The lowest BCUT2D eigenvalue weighted by molar-refractivity contribution is 1.22. The molecule has 0 saturated carbocycles. The van der Waals surface area contributed by atoms with Crippen LogP contribution in [0.15, 0.2) is 30.3 Å². The molecule has 0 aliphatic carbocycles. The highest BCUT2D eigenvalue weighted by molar-refractivity contribution is 5.76. The van der Waals surface area contributed by atoms with Crippen molar-refractivity contribution in [1.82, 2.24) is 15.0 Å². The number of H-pyrrole nitrogens is 1. The van der Waals surface area contributed by atoms with Crippen LogP contribution in [0.5, 0.6) is 0 Å². The Morgan fingerprint density at radius 3 is 2.56 bits per heavy atom. The molecule has 3 aromatic rings. The van der Waals surface area contributed by atoms with Crippen LogP contribution in [0.25, 0.3) is 22.6 Å². The summed E-state index contributed by atoms with van der Waals surface area (Å²) in [6.45, 7) is 6.18. The van der Waals surface area contributed by atoms with E-state index in [2.05, 4.69) is 47.0 Å².